The van der Waals surface area contributed by atoms with Gasteiger partial charge in [0.25, 0.3) is 0 Å². The van der Waals surface area contributed by atoms with Crippen molar-refractivity contribution in [3.8, 4) is 28.3 Å². The van der Waals surface area contributed by atoms with Gasteiger partial charge in [0, 0.05) is 65.7 Å². The Bertz CT molecular complexity index is 1660. The number of phenols is 1. The number of rotatable bonds is 6. The van der Waals surface area contributed by atoms with Gasteiger partial charge in [-0.15, -0.1) is 10.2 Å². The highest BCUT2D eigenvalue weighted by atomic mass is 16.5. The van der Waals surface area contributed by atoms with Crippen LogP contribution in [0.3, 0.4) is 0 Å². The van der Waals surface area contributed by atoms with Crippen molar-refractivity contribution in [2.45, 2.75) is 32.7 Å². The number of ether oxygens (including phenoxy) is 1. The van der Waals surface area contributed by atoms with Crippen LogP contribution in [0, 0.1) is 5.92 Å². The first-order valence-corrected chi connectivity index (χ1v) is 12.7. The third-order valence-electron chi connectivity index (χ3n) is 7.09. The quantitative estimate of drug-likeness (QED) is 0.309. The number of aromatic amines is 1. The molecular weight excluding hydrogens is 498 g/mol. The lowest BCUT2D eigenvalue weighted by atomic mass is 9.93. The summed E-state index contributed by atoms with van der Waals surface area (Å²) >= 11 is 0. The van der Waals surface area contributed by atoms with Gasteiger partial charge < -0.3 is 24.3 Å². The van der Waals surface area contributed by atoms with E-state index >= 15 is 0 Å². The van der Waals surface area contributed by atoms with Crippen LogP contribution < -0.4 is 4.90 Å². The van der Waals surface area contributed by atoms with E-state index in [1.54, 1.807) is 30.6 Å². The van der Waals surface area contributed by atoms with Crippen molar-refractivity contribution in [3.05, 3.63) is 65.8 Å². The number of phenolic OH excluding ortho intramolecular Hbond substituents is 1. The van der Waals surface area contributed by atoms with E-state index in [1.807, 2.05) is 32.0 Å². The van der Waals surface area contributed by atoms with E-state index in [9.17, 15) is 9.90 Å². The van der Waals surface area contributed by atoms with Crippen LogP contribution in [-0.4, -0.2) is 55.0 Å². The van der Waals surface area contributed by atoms with E-state index in [1.165, 1.54) is 7.11 Å². The highest BCUT2D eigenvalue weighted by molar-refractivity contribution is 5.86. The molecule has 0 bridgehead atoms. The molecule has 4 aromatic heterocycles. The Kier molecular flexibility index (Phi) is 6.18. The molecular formula is C28H27N7O4. The monoisotopic (exact) mass is 525 g/mol. The molecule has 1 aromatic carbocycles. The van der Waals surface area contributed by atoms with E-state index in [0.29, 0.717) is 46.4 Å². The Labute approximate surface area is 223 Å². The normalized spacial score (nSPS) is 14.0. The number of hydrogen-bond donors (Lipinski definition) is 2. The Balaban J connectivity index is 1.24. The van der Waals surface area contributed by atoms with Crippen LogP contribution in [0.2, 0.25) is 0 Å². The number of H-pyrrole nitrogens is 1. The zero-order valence-electron chi connectivity index (χ0n) is 21.8. The van der Waals surface area contributed by atoms with E-state index < -0.39 is 5.92 Å². The van der Waals surface area contributed by atoms with Gasteiger partial charge in [0.2, 0.25) is 5.95 Å². The van der Waals surface area contributed by atoms with Gasteiger partial charge >= 0.3 is 5.97 Å². The van der Waals surface area contributed by atoms with Gasteiger partial charge in [-0.1, -0.05) is 31.1 Å². The molecule has 6 rings (SSSR count). The summed E-state index contributed by atoms with van der Waals surface area (Å²) in [7, 11) is 1.36. The van der Waals surface area contributed by atoms with Gasteiger partial charge in [0.15, 0.2) is 11.4 Å². The molecule has 0 amide bonds. The molecule has 0 radical (unpaired) electrons. The van der Waals surface area contributed by atoms with E-state index in [4.69, 9.17) is 9.26 Å². The SMILES string of the molecule is COC(=O)C(c1cc(-c2cnc(N3CCc4[nH]c5nnc(-c6ccccc6O)cc5c4C3)nc2)no1)C(C)C. The van der Waals surface area contributed by atoms with Gasteiger partial charge in [-0.25, -0.2) is 9.97 Å². The van der Waals surface area contributed by atoms with Crippen LogP contribution in [0.1, 0.15) is 36.8 Å². The highest BCUT2D eigenvalue weighted by Crippen LogP contribution is 2.33. The molecule has 1 atom stereocenters. The molecule has 198 valence electrons. The first-order chi connectivity index (χ1) is 18.9. The maximum atomic E-state index is 12.2. The molecule has 0 saturated carbocycles. The molecule has 5 aromatic rings. The van der Waals surface area contributed by atoms with Crippen LogP contribution in [0.15, 0.2) is 53.3 Å². The number of anilines is 1. The summed E-state index contributed by atoms with van der Waals surface area (Å²) in [4.78, 5) is 26.9. The topological polar surface area (TPSA) is 143 Å². The zero-order chi connectivity index (χ0) is 27.1. The smallest absolute Gasteiger partial charge is 0.316 e. The summed E-state index contributed by atoms with van der Waals surface area (Å²) < 4.78 is 10.4. The second kappa shape index (κ2) is 9.82. The molecule has 0 saturated heterocycles. The number of carbonyl (C=O) groups excluding carboxylic acids is 1. The third-order valence-corrected chi connectivity index (χ3v) is 7.09. The summed E-state index contributed by atoms with van der Waals surface area (Å²) in [5, 5.41) is 24.1. The number of para-hydroxylation sites is 1. The van der Waals surface area contributed by atoms with Gasteiger partial charge in [0.1, 0.15) is 17.4 Å². The average molecular weight is 526 g/mol. The summed E-state index contributed by atoms with van der Waals surface area (Å²) in [6, 6.07) is 10.8. The minimum atomic E-state index is -0.536. The second-order valence-corrected chi connectivity index (χ2v) is 9.89. The average Bonchev–Trinajstić information content (AvgIpc) is 3.57. The van der Waals surface area contributed by atoms with Crippen molar-refractivity contribution in [2.75, 3.05) is 18.6 Å². The Morgan fingerprint density at radius 2 is 1.92 bits per heavy atom. The van der Waals surface area contributed by atoms with Crippen LogP contribution in [0.5, 0.6) is 5.75 Å². The minimum Gasteiger partial charge on any atom is -0.507 e. The van der Waals surface area contributed by atoms with Gasteiger partial charge in [0.05, 0.1) is 12.8 Å². The highest BCUT2D eigenvalue weighted by Gasteiger charge is 2.30. The van der Waals surface area contributed by atoms with Crippen molar-refractivity contribution in [1.29, 1.82) is 0 Å². The summed E-state index contributed by atoms with van der Waals surface area (Å²) in [6.45, 7) is 5.20. The molecule has 11 nitrogen and oxygen atoms in total. The van der Waals surface area contributed by atoms with Crippen LogP contribution in [-0.2, 0) is 22.5 Å². The number of nitrogens with one attached hydrogen (secondary N) is 1. The number of hydrogen-bond acceptors (Lipinski definition) is 10. The number of esters is 1. The maximum Gasteiger partial charge on any atom is 0.316 e. The number of methoxy groups -OCH3 is 1. The van der Waals surface area contributed by atoms with E-state index in [-0.39, 0.29) is 17.6 Å². The number of nitrogens with zero attached hydrogens (tertiary/aromatic N) is 6. The number of carbonyl (C=O) groups is 1. The largest absolute Gasteiger partial charge is 0.507 e. The Hall–Kier alpha value is -4.80. The standard InChI is InChI=1S/C28H27N7O4/c1-15(2)25(27(37)38-3)24-11-21(34-39-24)16-12-29-28(30-13-16)35-9-8-20-19(14-35)18-10-22(32-33-26(18)31-20)17-6-4-5-7-23(17)36/h4-7,10-13,15,25,36H,8-9,14H2,1-3H3,(H,31,33). The van der Waals surface area contributed by atoms with Crippen molar-refractivity contribution in [2.24, 2.45) is 5.92 Å². The Morgan fingerprint density at radius 3 is 2.67 bits per heavy atom. The summed E-state index contributed by atoms with van der Waals surface area (Å²) in [5.74, 6) is 0.303. The van der Waals surface area contributed by atoms with Crippen LogP contribution in [0.25, 0.3) is 33.5 Å². The third kappa shape index (κ3) is 4.45. The molecule has 11 heteroatoms. The first kappa shape index (κ1) is 24.5. The molecule has 39 heavy (non-hydrogen) atoms. The lowest BCUT2D eigenvalue weighted by Gasteiger charge is -2.27. The van der Waals surface area contributed by atoms with Gasteiger partial charge in [-0.3, -0.25) is 4.79 Å². The van der Waals surface area contributed by atoms with Crippen molar-refractivity contribution in [1.82, 2.24) is 30.3 Å². The van der Waals surface area contributed by atoms with Gasteiger partial charge in [-0.2, -0.15) is 0 Å². The lowest BCUT2D eigenvalue weighted by molar-refractivity contribution is -0.144. The minimum absolute atomic E-state index is 0.00850. The number of benzene rings is 1. The second-order valence-electron chi connectivity index (χ2n) is 9.89. The molecule has 0 spiro atoms. The summed E-state index contributed by atoms with van der Waals surface area (Å²) in [5.41, 5.74) is 5.43. The van der Waals surface area contributed by atoms with Crippen LogP contribution >= 0.6 is 0 Å². The van der Waals surface area contributed by atoms with Crippen molar-refractivity contribution >= 4 is 23.0 Å². The number of aromatic hydroxyl groups is 1. The zero-order valence-corrected chi connectivity index (χ0v) is 21.8. The number of aromatic nitrogens is 6. The van der Waals surface area contributed by atoms with E-state index in [0.717, 1.165) is 29.6 Å². The molecule has 2 N–H and O–H groups in total. The molecule has 0 aliphatic carbocycles. The molecule has 1 aliphatic rings. The fourth-order valence-electron chi connectivity index (χ4n) is 5.03. The molecule has 0 fully saturated rings. The van der Waals surface area contributed by atoms with Gasteiger partial charge in [-0.05, 0) is 24.1 Å². The van der Waals surface area contributed by atoms with Crippen molar-refractivity contribution < 1.29 is 19.2 Å². The molecule has 1 aliphatic heterocycles. The van der Waals surface area contributed by atoms with Crippen LogP contribution in [0.4, 0.5) is 5.95 Å². The summed E-state index contributed by atoms with van der Waals surface area (Å²) in [6.07, 6.45) is 4.19. The fourth-order valence-corrected chi connectivity index (χ4v) is 5.03. The maximum absolute atomic E-state index is 12.2. The van der Waals surface area contributed by atoms with E-state index in [2.05, 4.69) is 35.2 Å². The Morgan fingerprint density at radius 1 is 1.13 bits per heavy atom. The fraction of sp³-hybridized carbons (Fsp3) is 0.286. The lowest BCUT2D eigenvalue weighted by Crippen LogP contribution is -2.31. The van der Waals surface area contributed by atoms with Crippen molar-refractivity contribution in [3.63, 3.8) is 0 Å². The number of fused-ring (bicyclic) bond motifs is 3. The predicted octanol–water partition coefficient (Wildman–Crippen LogP) is 4.25. The predicted molar refractivity (Wildman–Crippen MR) is 143 cm³/mol. The molecule has 5 heterocycles. The molecule has 1 unspecified atom stereocenters. The first-order valence-electron chi connectivity index (χ1n) is 12.7.